The highest BCUT2D eigenvalue weighted by molar-refractivity contribution is 9.10. The number of carbonyl (C=O) groups is 2. The van der Waals surface area contributed by atoms with Crippen LogP contribution >= 0.6 is 15.9 Å². The predicted octanol–water partition coefficient (Wildman–Crippen LogP) is 3.17. The lowest BCUT2D eigenvalue weighted by Gasteiger charge is -2.23. The zero-order chi connectivity index (χ0) is 14.8. The van der Waals surface area contributed by atoms with Gasteiger partial charge >= 0.3 is 12.0 Å². The van der Waals surface area contributed by atoms with Crippen LogP contribution in [0.1, 0.15) is 19.8 Å². The number of carboxylic acids is 1. The van der Waals surface area contributed by atoms with Crippen LogP contribution < -0.4 is 5.32 Å². The summed E-state index contributed by atoms with van der Waals surface area (Å²) in [6.07, 6.45) is 1.04. The van der Waals surface area contributed by atoms with Crippen molar-refractivity contribution in [2.75, 3.05) is 18.4 Å². The minimum Gasteiger partial charge on any atom is -0.481 e. The standard InChI is InChI=1S/C14H17BrN2O3/c1-2-14(12(18)19)7-8-17(9-14)13(20)16-11-5-3-10(15)4-6-11/h3-6H,2,7-9H2,1H3,(H,16,20)(H,18,19). The van der Waals surface area contributed by atoms with E-state index in [1.165, 1.54) is 0 Å². The molecule has 0 radical (unpaired) electrons. The summed E-state index contributed by atoms with van der Waals surface area (Å²) in [6, 6.07) is 7.02. The van der Waals surface area contributed by atoms with Gasteiger partial charge in [-0.25, -0.2) is 4.79 Å². The molecule has 1 heterocycles. The monoisotopic (exact) mass is 340 g/mol. The van der Waals surface area contributed by atoms with Crippen molar-refractivity contribution in [3.05, 3.63) is 28.7 Å². The molecular weight excluding hydrogens is 324 g/mol. The van der Waals surface area contributed by atoms with E-state index in [2.05, 4.69) is 21.2 Å². The van der Waals surface area contributed by atoms with Crippen molar-refractivity contribution in [3.63, 3.8) is 0 Å². The second-order valence-corrected chi connectivity index (χ2v) is 5.96. The summed E-state index contributed by atoms with van der Waals surface area (Å²) >= 11 is 3.33. The molecular formula is C14H17BrN2O3. The molecule has 1 aromatic rings. The van der Waals surface area contributed by atoms with E-state index in [1.807, 2.05) is 19.1 Å². The van der Waals surface area contributed by atoms with Crippen molar-refractivity contribution < 1.29 is 14.7 Å². The molecule has 0 bridgehead atoms. The highest BCUT2D eigenvalue weighted by Gasteiger charge is 2.44. The van der Waals surface area contributed by atoms with Gasteiger partial charge in [0.2, 0.25) is 0 Å². The largest absolute Gasteiger partial charge is 0.481 e. The second-order valence-electron chi connectivity index (χ2n) is 5.05. The second kappa shape index (κ2) is 5.83. The molecule has 1 atom stereocenters. The maximum Gasteiger partial charge on any atom is 0.321 e. The van der Waals surface area contributed by atoms with Crippen molar-refractivity contribution in [2.24, 2.45) is 5.41 Å². The average molecular weight is 341 g/mol. The number of carboxylic acid groups (broad SMARTS) is 1. The van der Waals surface area contributed by atoms with E-state index in [0.29, 0.717) is 25.1 Å². The number of anilines is 1. The maximum absolute atomic E-state index is 12.1. The van der Waals surface area contributed by atoms with Crippen LogP contribution in [0.3, 0.4) is 0 Å². The van der Waals surface area contributed by atoms with Gasteiger partial charge in [0.1, 0.15) is 0 Å². The quantitative estimate of drug-likeness (QED) is 0.887. The van der Waals surface area contributed by atoms with Crippen LogP contribution in [-0.4, -0.2) is 35.1 Å². The highest BCUT2D eigenvalue weighted by atomic mass is 79.9. The molecule has 2 amide bonds. The highest BCUT2D eigenvalue weighted by Crippen LogP contribution is 2.34. The van der Waals surface area contributed by atoms with Crippen LogP contribution in [0.5, 0.6) is 0 Å². The molecule has 1 fully saturated rings. The molecule has 108 valence electrons. The normalized spacial score (nSPS) is 21.8. The number of rotatable bonds is 3. The lowest BCUT2D eigenvalue weighted by Crippen LogP contribution is -2.38. The number of nitrogens with one attached hydrogen (secondary N) is 1. The molecule has 0 aromatic heterocycles. The van der Waals surface area contributed by atoms with Crippen molar-refractivity contribution >= 4 is 33.6 Å². The molecule has 0 spiro atoms. The van der Waals surface area contributed by atoms with Gasteiger partial charge in [-0.05, 0) is 37.1 Å². The number of likely N-dealkylation sites (tertiary alicyclic amines) is 1. The predicted molar refractivity (Wildman–Crippen MR) is 79.7 cm³/mol. The Morgan fingerprint density at radius 2 is 2.05 bits per heavy atom. The molecule has 0 saturated carbocycles. The summed E-state index contributed by atoms with van der Waals surface area (Å²) in [5, 5.41) is 12.1. The van der Waals surface area contributed by atoms with E-state index >= 15 is 0 Å². The number of aliphatic carboxylic acids is 1. The van der Waals surface area contributed by atoms with Crippen LogP contribution in [0, 0.1) is 5.41 Å². The first kappa shape index (κ1) is 14.8. The molecule has 20 heavy (non-hydrogen) atoms. The first-order valence-electron chi connectivity index (χ1n) is 6.52. The Balaban J connectivity index is 2.01. The van der Waals surface area contributed by atoms with E-state index in [0.717, 1.165) is 4.47 Å². The summed E-state index contributed by atoms with van der Waals surface area (Å²) in [5.74, 6) is -0.820. The minimum atomic E-state index is -0.820. The van der Waals surface area contributed by atoms with Gasteiger partial charge in [0.05, 0.1) is 5.41 Å². The number of nitrogens with zero attached hydrogens (tertiary/aromatic N) is 1. The number of halogens is 1. The fourth-order valence-electron chi connectivity index (χ4n) is 2.40. The third-order valence-corrected chi connectivity index (χ3v) is 4.40. The van der Waals surface area contributed by atoms with Gasteiger partial charge in [-0.15, -0.1) is 0 Å². The molecule has 1 unspecified atom stereocenters. The van der Waals surface area contributed by atoms with E-state index in [9.17, 15) is 14.7 Å². The van der Waals surface area contributed by atoms with Crippen LogP contribution in [0.2, 0.25) is 0 Å². The zero-order valence-electron chi connectivity index (χ0n) is 11.2. The molecule has 1 aromatic carbocycles. The Bertz CT molecular complexity index is 518. The molecule has 6 heteroatoms. The number of urea groups is 1. The Hall–Kier alpha value is -1.56. The molecule has 2 rings (SSSR count). The van der Waals surface area contributed by atoms with Gasteiger partial charge < -0.3 is 15.3 Å². The van der Waals surface area contributed by atoms with Crippen LogP contribution in [0.15, 0.2) is 28.7 Å². The van der Waals surface area contributed by atoms with E-state index < -0.39 is 11.4 Å². The third-order valence-electron chi connectivity index (χ3n) is 3.87. The van der Waals surface area contributed by atoms with Gasteiger partial charge in [0.25, 0.3) is 0 Å². The fourth-order valence-corrected chi connectivity index (χ4v) is 2.66. The Morgan fingerprint density at radius 3 is 2.55 bits per heavy atom. The first-order valence-corrected chi connectivity index (χ1v) is 7.31. The van der Waals surface area contributed by atoms with Gasteiger partial charge in [-0.1, -0.05) is 22.9 Å². The lowest BCUT2D eigenvalue weighted by molar-refractivity contribution is -0.148. The summed E-state index contributed by atoms with van der Waals surface area (Å²) < 4.78 is 0.938. The summed E-state index contributed by atoms with van der Waals surface area (Å²) in [5.41, 5.74) is -0.0978. The summed E-state index contributed by atoms with van der Waals surface area (Å²) in [4.78, 5) is 25.1. The van der Waals surface area contributed by atoms with Crippen molar-refractivity contribution in [1.82, 2.24) is 4.90 Å². The van der Waals surface area contributed by atoms with E-state index in [1.54, 1.807) is 17.0 Å². The minimum absolute atomic E-state index is 0.246. The molecule has 1 aliphatic heterocycles. The number of benzene rings is 1. The van der Waals surface area contributed by atoms with Crippen molar-refractivity contribution in [3.8, 4) is 0 Å². The first-order chi connectivity index (χ1) is 9.47. The van der Waals surface area contributed by atoms with Gasteiger partial charge in [0.15, 0.2) is 0 Å². The van der Waals surface area contributed by atoms with Crippen molar-refractivity contribution in [2.45, 2.75) is 19.8 Å². The van der Waals surface area contributed by atoms with Crippen LogP contribution in [-0.2, 0) is 4.79 Å². The van der Waals surface area contributed by atoms with Crippen LogP contribution in [0.25, 0.3) is 0 Å². The molecule has 0 aliphatic carbocycles. The van der Waals surface area contributed by atoms with Crippen LogP contribution in [0.4, 0.5) is 10.5 Å². The molecule has 1 saturated heterocycles. The summed E-state index contributed by atoms with van der Waals surface area (Å²) in [7, 11) is 0. The molecule has 1 aliphatic rings. The Kier molecular flexibility index (Phi) is 4.32. The molecule has 2 N–H and O–H groups in total. The van der Waals surface area contributed by atoms with Gasteiger partial charge in [-0.3, -0.25) is 4.79 Å². The lowest BCUT2D eigenvalue weighted by atomic mass is 9.84. The number of carbonyl (C=O) groups excluding carboxylic acids is 1. The SMILES string of the molecule is CCC1(C(=O)O)CCN(C(=O)Nc2ccc(Br)cc2)C1. The number of hydrogen-bond acceptors (Lipinski definition) is 2. The van der Waals surface area contributed by atoms with Gasteiger partial charge in [0, 0.05) is 23.2 Å². The van der Waals surface area contributed by atoms with Crippen molar-refractivity contribution in [1.29, 1.82) is 0 Å². The number of amides is 2. The smallest absolute Gasteiger partial charge is 0.321 e. The topological polar surface area (TPSA) is 69.6 Å². The fraction of sp³-hybridized carbons (Fsp3) is 0.429. The third kappa shape index (κ3) is 2.95. The Morgan fingerprint density at radius 1 is 1.40 bits per heavy atom. The number of hydrogen-bond donors (Lipinski definition) is 2. The zero-order valence-corrected chi connectivity index (χ0v) is 12.8. The van der Waals surface area contributed by atoms with E-state index in [4.69, 9.17) is 0 Å². The van der Waals surface area contributed by atoms with Gasteiger partial charge in [-0.2, -0.15) is 0 Å². The summed E-state index contributed by atoms with van der Waals surface area (Å²) in [6.45, 7) is 2.59. The molecule has 5 nitrogen and oxygen atoms in total. The average Bonchev–Trinajstić information content (AvgIpc) is 2.87. The maximum atomic E-state index is 12.1. The van der Waals surface area contributed by atoms with E-state index in [-0.39, 0.29) is 12.6 Å². The Labute approximate surface area is 126 Å².